The van der Waals surface area contributed by atoms with Crippen LogP contribution in [0.3, 0.4) is 0 Å². The second-order valence-electron chi connectivity index (χ2n) is 8.75. The van der Waals surface area contributed by atoms with Crippen LogP contribution in [0.15, 0.2) is 87.5 Å². The first-order chi connectivity index (χ1) is 16.8. The topological polar surface area (TPSA) is 70.2 Å². The Morgan fingerprint density at radius 2 is 1.63 bits per heavy atom. The predicted molar refractivity (Wildman–Crippen MR) is 141 cm³/mol. The summed E-state index contributed by atoms with van der Waals surface area (Å²) in [6, 6.07) is 21.6. The number of para-hydroxylation sites is 1. The lowest BCUT2D eigenvalue weighted by Crippen LogP contribution is -2.40. The number of carbonyl (C=O) groups excluding carboxylic acids is 1. The number of H-pyrrole nitrogens is 1. The van der Waals surface area contributed by atoms with E-state index in [9.17, 15) is 13.2 Å². The summed E-state index contributed by atoms with van der Waals surface area (Å²) in [5.74, 6) is -0.285. The molecule has 1 N–H and O–H groups in total. The Morgan fingerprint density at radius 3 is 2.31 bits per heavy atom. The molecule has 5 nitrogen and oxygen atoms in total. The lowest BCUT2D eigenvalue weighted by molar-refractivity contribution is 0.0718. The van der Waals surface area contributed by atoms with Gasteiger partial charge in [-0.25, -0.2) is 8.42 Å². The highest BCUT2D eigenvalue weighted by atomic mass is 35.5. The number of aryl methyl sites for hydroxylation is 1. The van der Waals surface area contributed by atoms with Gasteiger partial charge in [0, 0.05) is 39.2 Å². The summed E-state index contributed by atoms with van der Waals surface area (Å²) in [7, 11) is -3.95. The lowest BCUT2D eigenvalue weighted by atomic mass is 10.1. The number of fused-ring (bicyclic) bond motifs is 1. The second-order valence-corrected chi connectivity index (χ2v) is 12.5. The number of piperidine rings is 1. The van der Waals surface area contributed by atoms with Gasteiger partial charge in [-0.3, -0.25) is 4.79 Å². The summed E-state index contributed by atoms with van der Waals surface area (Å²) >= 11 is 7.81. The van der Waals surface area contributed by atoms with Crippen LogP contribution >= 0.6 is 23.4 Å². The van der Waals surface area contributed by atoms with Gasteiger partial charge in [0.15, 0.2) is 0 Å². The van der Waals surface area contributed by atoms with Crippen molar-refractivity contribution in [3.05, 3.63) is 89.1 Å². The Balaban J connectivity index is 1.42. The Bertz CT molecular complexity index is 1470. The molecular weight excluding hydrogens is 500 g/mol. The zero-order valence-corrected chi connectivity index (χ0v) is 21.6. The molecule has 0 radical (unpaired) electrons. The van der Waals surface area contributed by atoms with Crippen LogP contribution in [0.2, 0.25) is 5.02 Å². The molecule has 1 aliphatic rings. The summed E-state index contributed by atoms with van der Waals surface area (Å²) in [6.45, 7) is 3.24. The lowest BCUT2D eigenvalue weighted by Gasteiger charge is -2.31. The fourth-order valence-electron chi connectivity index (χ4n) is 4.42. The fourth-order valence-corrected chi connectivity index (χ4v) is 7.28. The summed E-state index contributed by atoms with van der Waals surface area (Å²) < 4.78 is 27.3. The van der Waals surface area contributed by atoms with Crippen LogP contribution in [0.25, 0.3) is 10.9 Å². The SMILES string of the molecule is Cc1ccc(SC2CCN(C(=O)c3[nH]c4ccccc4c3S(=O)(=O)c3ccc(Cl)cc3)CC2)cc1. The molecule has 0 aliphatic carbocycles. The predicted octanol–water partition coefficient (Wildman–Crippen LogP) is 6.36. The standard InChI is InChI=1S/C27H25ClN2O3S2/c1-18-6-10-20(11-7-18)34-21-14-16-30(17-15-21)27(31)25-26(23-4-2-3-5-24(23)29-25)35(32,33)22-12-8-19(28)9-13-22/h2-13,21,29H,14-17H2,1H3. The molecule has 0 bridgehead atoms. The summed E-state index contributed by atoms with van der Waals surface area (Å²) in [4.78, 5) is 19.9. The van der Waals surface area contributed by atoms with Crippen LogP contribution in [0.4, 0.5) is 0 Å². The maximum atomic E-state index is 13.7. The molecule has 1 amide bonds. The number of hydrogen-bond acceptors (Lipinski definition) is 4. The van der Waals surface area contributed by atoms with Crippen LogP contribution in [0, 0.1) is 6.92 Å². The maximum absolute atomic E-state index is 13.7. The Kier molecular flexibility index (Phi) is 6.66. The van der Waals surface area contributed by atoms with E-state index in [4.69, 9.17) is 11.6 Å². The van der Waals surface area contributed by atoms with Gasteiger partial charge in [-0.15, -0.1) is 11.8 Å². The first kappa shape index (κ1) is 24.0. The second kappa shape index (κ2) is 9.72. The minimum absolute atomic E-state index is 0.0246. The third-order valence-corrected chi connectivity index (χ3v) is 9.77. The molecule has 4 aromatic rings. The van der Waals surface area contributed by atoms with Crippen molar-refractivity contribution >= 4 is 50.0 Å². The van der Waals surface area contributed by atoms with Gasteiger partial charge in [0.2, 0.25) is 9.84 Å². The Labute approximate surface area is 214 Å². The van der Waals surface area contributed by atoms with E-state index in [0.717, 1.165) is 12.8 Å². The highest BCUT2D eigenvalue weighted by Crippen LogP contribution is 2.35. The summed E-state index contributed by atoms with van der Waals surface area (Å²) in [5, 5.41) is 1.38. The number of amides is 1. The maximum Gasteiger partial charge on any atom is 0.271 e. The summed E-state index contributed by atoms with van der Waals surface area (Å²) in [5.41, 5.74) is 1.97. The number of halogens is 1. The zero-order chi connectivity index (χ0) is 24.6. The van der Waals surface area contributed by atoms with Crippen molar-refractivity contribution in [3.8, 4) is 0 Å². The van der Waals surface area contributed by atoms with Crippen LogP contribution in [-0.2, 0) is 9.84 Å². The minimum Gasteiger partial charge on any atom is -0.349 e. The number of sulfone groups is 1. The Morgan fingerprint density at radius 1 is 0.971 bits per heavy atom. The van der Waals surface area contributed by atoms with E-state index in [1.807, 2.05) is 17.8 Å². The van der Waals surface area contributed by atoms with Gasteiger partial charge in [-0.1, -0.05) is 47.5 Å². The van der Waals surface area contributed by atoms with Gasteiger partial charge in [0.25, 0.3) is 5.91 Å². The quantitative estimate of drug-likeness (QED) is 0.330. The van der Waals surface area contributed by atoms with Gasteiger partial charge in [0.05, 0.1) is 4.90 Å². The molecule has 0 unspecified atom stereocenters. The molecule has 1 saturated heterocycles. The highest BCUT2D eigenvalue weighted by molar-refractivity contribution is 8.00. The van der Waals surface area contributed by atoms with E-state index < -0.39 is 9.84 Å². The number of rotatable bonds is 5. The van der Waals surface area contributed by atoms with E-state index in [1.165, 1.54) is 22.6 Å². The highest BCUT2D eigenvalue weighted by Gasteiger charge is 2.33. The normalized spacial score (nSPS) is 15.0. The van der Waals surface area contributed by atoms with E-state index in [2.05, 4.69) is 36.2 Å². The molecule has 35 heavy (non-hydrogen) atoms. The van der Waals surface area contributed by atoms with E-state index in [0.29, 0.717) is 34.3 Å². The van der Waals surface area contributed by atoms with Crippen molar-refractivity contribution in [1.29, 1.82) is 0 Å². The molecule has 0 spiro atoms. The third kappa shape index (κ3) is 4.85. The van der Waals surface area contributed by atoms with Gasteiger partial charge >= 0.3 is 0 Å². The molecule has 0 atom stereocenters. The number of nitrogens with one attached hydrogen (secondary N) is 1. The van der Waals surface area contributed by atoms with E-state index >= 15 is 0 Å². The molecule has 8 heteroatoms. The van der Waals surface area contributed by atoms with E-state index in [-0.39, 0.29) is 21.4 Å². The van der Waals surface area contributed by atoms with Gasteiger partial charge < -0.3 is 9.88 Å². The molecule has 3 aromatic carbocycles. The molecule has 1 aliphatic heterocycles. The van der Waals surface area contributed by atoms with Gasteiger partial charge in [0.1, 0.15) is 10.6 Å². The van der Waals surface area contributed by atoms with Crippen LogP contribution in [-0.4, -0.2) is 42.5 Å². The zero-order valence-electron chi connectivity index (χ0n) is 19.2. The molecular formula is C27H25ClN2O3S2. The van der Waals surface area contributed by atoms with Crippen molar-refractivity contribution in [2.75, 3.05) is 13.1 Å². The van der Waals surface area contributed by atoms with Crippen molar-refractivity contribution in [1.82, 2.24) is 9.88 Å². The molecule has 0 saturated carbocycles. The minimum atomic E-state index is -3.95. The monoisotopic (exact) mass is 524 g/mol. The smallest absolute Gasteiger partial charge is 0.271 e. The van der Waals surface area contributed by atoms with Crippen LogP contribution in [0.5, 0.6) is 0 Å². The van der Waals surface area contributed by atoms with Crippen molar-refractivity contribution < 1.29 is 13.2 Å². The number of carbonyl (C=O) groups is 1. The third-order valence-electron chi connectivity index (χ3n) is 6.32. The average molecular weight is 525 g/mol. The number of nitrogens with zero attached hydrogens (tertiary/aromatic N) is 1. The molecule has 2 heterocycles. The number of aromatic amines is 1. The molecule has 180 valence electrons. The summed E-state index contributed by atoms with van der Waals surface area (Å²) in [6.07, 6.45) is 1.70. The van der Waals surface area contributed by atoms with Crippen LogP contribution in [0.1, 0.15) is 28.9 Å². The molecule has 1 aromatic heterocycles. The molecule has 1 fully saturated rings. The van der Waals surface area contributed by atoms with Gasteiger partial charge in [-0.05, 0) is 62.2 Å². The number of benzene rings is 3. The number of likely N-dealkylation sites (tertiary alicyclic amines) is 1. The van der Waals surface area contributed by atoms with Crippen molar-refractivity contribution in [3.63, 3.8) is 0 Å². The first-order valence-corrected chi connectivity index (χ1v) is 14.2. The number of aromatic nitrogens is 1. The fraction of sp³-hybridized carbons (Fsp3) is 0.222. The van der Waals surface area contributed by atoms with Crippen LogP contribution < -0.4 is 0 Å². The van der Waals surface area contributed by atoms with E-state index in [1.54, 1.807) is 35.2 Å². The number of thioether (sulfide) groups is 1. The van der Waals surface area contributed by atoms with Crippen molar-refractivity contribution in [2.45, 2.75) is 39.7 Å². The first-order valence-electron chi connectivity index (χ1n) is 11.5. The van der Waals surface area contributed by atoms with Gasteiger partial charge in [-0.2, -0.15) is 0 Å². The number of hydrogen-bond donors (Lipinski definition) is 1. The largest absolute Gasteiger partial charge is 0.349 e. The molecule has 5 rings (SSSR count). The Hall–Kier alpha value is -2.74. The van der Waals surface area contributed by atoms with Crippen molar-refractivity contribution in [2.24, 2.45) is 0 Å². The average Bonchev–Trinajstić information content (AvgIpc) is 3.26.